The largest absolute Gasteiger partial charge is 0.384 e. The van der Waals surface area contributed by atoms with Gasteiger partial charge in [0.2, 0.25) is 0 Å². The lowest BCUT2D eigenvalue weighted by Gasteiger charge is -2.22. The molecule has 0 aromatic heterocycles. The molecule has 0 amide bonds. The van der Waals surface area contributed by atoms with Gasteiger partial charge in [0.1, 0.15) is 5.60 Å². The predicted molar refractivity (Wildman–Crippen MR) is 108 cm³/mol. The van der Waals surface area contributed by atoms with Gasteiger partial charge in [0.05, 0.1) is 6.54 Å². The zero-order valence-electron chi connectivity index (χ0n) is 13.8. The second-order valence-electron chi connectivity index (χ2n) is 5.26. The number of rotatable bonds is 7. The quantitative estimate of drug-likeness (QED) is 0.349. The van der Waals surface area contributed by atoms with E-state index in [1.807, 2.05) is 49.0 Å². The topological polar surface area (TPSA) is 56.7 Å². The van der Waals surface area contributed by atoms with Crippen LogP contribution in [0.4, 0.5) is 0 Å². The summed E-state index contributed by atoms with van der Waals surface area (Å²) in [4.78, 5) is 4.50. The van der Waals surface area contributed by atoms with Crippen molar-refractivity contribution in [2.75, 3.05) is 25.9 Å². The zero-order valence-corrected chi connectivity index (χ0v) is 16.9. The molecule has 2 atom stereocenters. The molecule has 0 saturated heterocycles. The fraction of sp³-hybridized carbons (Fsp3) is 0.562. The second kappa shape index (κ2) is 11.1. The molecule has 0 saturated carbocycles. The molecule has 3 N–H and O–H groups in total. The number of hydrogen-bond acceptors (Lipinski definition) is 3. The third kappa shape index (κ3) is 7.69. The van der Waals surface area contributed by atoms with Crippen molar-refractivity contribution in [1.82, 2.24) is 10.6 Å². The van der Waals surface area contributed by atoms with Crippen LogP contribution in [0.15, 0.2) is 35.3 Å². The van der Waals surface area contributed by atoms with Crippen molar-refractivity contribution >= 4 is 41.7 Å². The summed E-state index contributed by atoms with van der Waals surface area (Å²) in [7, 11) is 0. The van der Waals surface area contributed by atoms with Gasteiger partial charge in [-0.2, -0.15) is 11.8 Å². The first-order valence-electron chi connectivity index (χ1n) is 7.32. The van der Waals surface area contributed by atoms with Gasteiger partial charge in [0.25, 0.3) is 0 Å². The van der Waals surface area contributed by atoms with Crippen LogP contribution in [-0.4, -0.2) is 42.2 Å². The minimum absolute atomic E-state index is 0. The van der Waals surface area contributed by atoms with E-state index in [-0.39, 0.29) is 24.0 Å². The van der Waals surface area contributed by atoms with Crippen molar-refractivity contribution in [3.05, 3.63) is 35.9 Å². The Morgan fingerprint density at radius 1 is 1.32 bits per heavy atom. The van der Waals surface area contributed by atoms with Gasteiger partial charge >= 0.3 is 0 Å². The lowest BCUT2D eigenvalue weighted by molar-refractivity contribution is 0.0672. The number of hydrogen-bond donors (Lipinski definition) is 3. The van der Waals surface area contributed by atoms with Crippen LogP contribution in [0.25, 0.3) is 0 Å². The molecule has 22 heavy (non-hydrogen) atoms. The molecule has 0 bridgehead atoms. The first-order valence-corrected chi connectivity index (χ1v) is 8.61. The number of nitrogens with one attached hydrogen (secondary N) is 2. The summed E-state index contributed by atoms with van der Waals surface area (Å²) in [5, 5.41) is 17.6. The van der Waals surface area contributed by atoms with Crippen molar-refractivity contribution < 1.29 is 5.11 Å². The van der Waals surface area contributed by atoms with Crippen LogP contribution < -0.4 is 10.6 Å². The highest BCUT2D eigenvalue weighted by molar-refractivity contribution is 14.0. The van der Waals surface area contributed by atoms with Gasteiger partial charge < -0.3 is 15.7 Å². The van der Waals surface area contributed by atoms with E-state index in [9.17, 15) is 5.11 Å². The number of halogens is 1. The Balaban J connectivity index is 0.00000441. The van der Waals surface area contributed by atoms with E-state index in [2.05, 4.69) is 28.8 Å². The SMILES string of the molecule is CCNC(=NCC(C)(O)c1ccccc1)NCC(C)SC.I. The molecule has 6 heteroatoms. The van der Waals surface area contributed by atoms with Crippen LogP contribution in [0, 0.1) is 0 Å². The zero-order chi connectivity index (χ0) is 15.7. The third-order valence-corrected chi connectivity index (χ3v) is 4.22. The molecule has 1 aromatic rings. The number of guanidine groups is 1. The Hall–Kier alpha value is -0.470. The van der Waals surface area contributed by atoms with Crippen LogP contribution in [0.5, 0.6) is 0 Å². The van der Waals surface area contributed by atoms with Crippen molar-refractivity contribution in [2.24, 2.45) is 4.99 Å². The van der Waals surface area contributed by atoms with Gasteiger partial charge in [-0.1, -0.05) is 37.3 Å². The molecule has 126 valence electrons. The number of nitrogens with zero attached hydrogens (tertiary/aromatic N) is 1. The first kappa shape index (κ1) is 21.5. The maximum Gasteiger partial charge on any atom is 0.191 e. The van der Waals surface area contributed by atoms with Crippen molar-refractivity contribution in [1.29, 1.82) is 0 Å². The molecule has 4 nitrogen and oxygen atoms in total. The average molecular weight is 437 g/mol. The van der Waals surface area contributed by atoms with Crippen LogP contribution in [0.3, 0.4) is 0 Å². The molecule has 0 heterocycles. The predicted octanol–water partition coefficient (Wildman–Crippen LogP) is 2.82. The summed E-state index contributed by atoms with van der Waals surface area (Å²) in [6.07, 6.45) is 2.09. The van der Waals surface area contributed by atoms with E-state index in [1.165, 1.54) is 0 Å². The van der Waals surface area contributed by atoms with E-state index in [0.717, 1.165) is 24.6 Å². The first-order chi connectivity index (χ1) is 9.99. The molecule has 0 spiro atoms. The van der Waals surface area contributed by atoms with Gasteiger partial charge in [-0.3, -0.25) is 0 Å². The highest BCUT2D eigenvalue weighted by Gasteiger charge is 2.22. The van der Waals surface area contributed by atoms with Crippen LogP contribution >= 0.6 is 35.7 Å². The van der Waals surface area contributed by atoms with E-state index in [0.29, 0.717) is 11.8 Å². The van der Waals surface area contributed by atoms with Crippen molar-refractivity contribution in [3.8, 4) is 0 Å². The molecule has 1 aromatic carbocycles. The third-order valence-electron chi connectivity index (χ3n) is 3.24. The molecule has 1 rings (SSSR count). The Morgan fingerprint density at radius 2 is 1.95 bits per heavy atom. The normalized spacial score (nSPS) is 15.4. The minimum atomic E-state index is -0.964. The molecule has 0 fully saturated rings. The summed E-state index contributed by atoms with van der Waals surface area (Å²) in [5.74, 6) is 0.745. The maximum absolute atomic E-state index is 10.6. The Kier molecular flexibility index (Phi) is 10.9. The number of thioether (sulfide) groups is 1. The molecular weight excluding hydrogens is 409 g/mol. The number of benzene rings is 1. The molecular formula is C16H28IN3OS. The Labute approximate surface area is 155 Å². The number of aliphatic imine (C=N–C) groups is 1. The maximum atomic E-state index is 10.6. The number of aliphatic hydroxyl groups is 1. The lowest BCUT2D eigenvalue weighted by Crippen LogP contribution is -2.41. The summed E-state index contributed by atoms with van der Waals surface area (Å²) < 4.78 is 0. The highest BCUT2D eigenvalue weighted by Crippen LogP contribution is 2.20. The monoisotopic (exact) mass is 437 g/mol. The smallest absolute Gasteiger partial charge is 0.191 e. The second-order valence-corrected chi connectivity index (χ2v) is 6.54. The Morgan fingerprint density at radius 3 is 2.50 bits per heavy atom. The van der Waals surface area contributed by atoms with Crippen molar-refractivity contribution in [3.63, 3.8) is 0 Å². The van der Waals surface area contributed by atoms with Crippen LogP contribution in [-0.2, 0) is 5.60 Å². The van der Waals surface area contributed by atoms with Gasteiger partial charge in [-0.05, 0) is 25.7 Å². The van der Waals surface area contributed by atoms with Gasteiger partial charge in [0.15, 0.2) is 5.96 Å². The van der Waals surface area contributed by atoms with Gasteiger partial charge in [0, 0.05) is 18.3 Å². The van der Waals surface area contributed by atoms with E-state index < -0.39 is 5.60 Å². The summed E-state index contributed by atoms with van der Waals surface area (Å²) >= 11 is 1.81. The lowest BCUT2D eigenvalue weighted by atomic mass is 9.96. The average Bonchev–Trinajstić information content (AvgIpc) is 2.50. The van der Waals surface area contributed by atoms with Gasteiger partial charge in [-0.15, -0.1) is 24.0 Å². The fourth-order valence-electron chi connectivity index (χ4n) is 1.79. The summed E-state index contributed by atoms with van der Waals surface area (Å²) in [5.41, 5.74) is -0.0866. The molecule has 0 aliphatic carbocycles. The minimum Gasteiger partial charge on any atom is -0.384 e. The van der Waals surface area contributed by atoms with Crippen LogP contribution in [0.1, 0.15) is 26.3 Å². The fourth-order valence-corrected chi connectivity index (χ4v) is 2.04. The van der Waals surface area contributed by atoms with E-state index >= 15 is 0 Å². The van der Waals surface area contributed by atoms with Crippen LogP contribution in [0.2, 0.25) is 0 Å². The summed E-state index contributed by atoms with van der Waals surface area (Å²) in [6.45, 7) is 7.96. The standard InChI is InChI=1S/C16H27N3OS.HI/c1-5-17-15(18-11-13(2)21-4)19-12-16(3,20)14-9-7-6-8-10-14;/h6-10,13,20H,5,11-12H2,1-4H3,(H2,17,18,19);1H. The van der Waals surface area contributed by atoms with E-state index in [1.54, 1.807) is 6.92 Å². The molecule has 0 aliphatic rings. The summed E-state index contributed by atoms with van der Waals surface area (Å²) in [6, 6.07) is 9.64. The van der Waals surface area contributed by atoms with E-state index in [4.69, 9.17) is 0 Å². The molecule has 2 unspecified atom stereocenters. The molecule has 0 aliphatic heterocycles. The highest BCUT2D eigenvalue weighted by atomic mass is 127. The van der Waals surface area contributed by atoms with Crippen molar-refractivity contribution in [2.45, 2.75) is 31.6 Å². The molecule has 0 radical (unpaired) electrons. The Bertz CT molecular complexity index is 440. The van der Waals surface area contributed by atoms with Gasteiger partial charge in [-0.25, -0.2) is 4.99 Å².